The monoisotopic (exact) mass is 370 g/mol. The molecule has 6 nitrogen and oxygen atoms in total. The topological polar surface area (TPSA) is 107 Å². The molecule has 0 unspecified atom stereocenters. The van der Waals surface area contributed by atoms with Crippen LogP contribution >= 0.6 is 0 Å². The van der Waals surface area contributed by atoms with Crippen molar-refractivity contribution < 1.29 is 30.0 Å². The summed E-state index contributed by atoms with van der Waals surface area (Å²) in [5.74, 6) is -1.00. The number of carboxylic acid groups (broad SMARTS) is 1. The third-order valence-electron chi connectivity index (χ3n) is 4.64. The summed E-state index contributed by atoms with van der Waals surface area (Å²) in [5.41, 5.74) is 0. The van der Waals surface area contributed by atoms with Gasteiger partial charge in [-0.25, -0.2) is 0 Å². The molecule has 1 aliphatic rings. The van der Waals surface area contributed by atoms with E-state index in [1.54, 1.807) is 12.2 Å². The molecule has 0 radical (unpaired) electrons. The lowest BCUT2D eigenvalue weighted by molar-refractivity contribution is -0.199. The molecule has 6 heteroatoms. The summed E-state index contributed by atoms with van der Waals surface area (Å²) in [6, 6.07) is 0. The van der Waals surface area contributed by atoms with Gasteiger partial charge in [0.1, 0.15) is 0 Å². The van der Waals surface area contributed by atoms with Gasteiger partial charge in [0, 0.05) is 18.8 Å². The second-order valence-corrected chi connectivity index (χ2v) is 6.96. The molecular formula is C20H34O6. The van der Waals surface area contributed by atoms with Crippen molar-refractivity contribution in [3.63, 3.8) is 0 Å². The molecule has 0 aromatic rings. The van der Waals surface area contributed by atoms with E-state index >= 15 is 0 Å². The lowest BCUT2D eigenvalue weighted by Gasteiger charge is -2.36. The molecule has 0 spiro atoms. The van der Waals surface area contributed by atoms with Gasteiger partial charge in [0.2, 0.25) is 0 Å². The Morgan fingerprint density at radius 2 is 2.00 bits per heavy atom. The van der Waals surface area contributed by atoms with E-state index in [1.165, 1.54) is 0 Å². The summed E-state index contributed by atoms with van der Waals surface area (Å²) >= 11 is 0. The number of hydrogen-bond donors (Lipinski definition) is 4. The zero-order chi connectivity index (χ0) is 19.4. The zero-order valence-electron chi connectivity index (χ0n) is 15.7. The molecule has 5 atom stereocenters. The molecule has 4 N–H and O–H groups in total. The Bertz CT molecular complexity index is 448. The van der Waals surface area contributed by atoms with Crippen LogP contribution in [0, 0.1) is 5.92 Å². The molecule has 26 heavy (non-hydrogen) atoms. The maximum atomic E-state index is 10.5. The highest BCUT2D eigenvalue weighted by Crippen LogP contribution is 2.29. The van der Waals surface area contributed by atoms with Crippen molar-refractivity contribution in [1.82, 2.24) is 0 Å². The van der Waals surface area contributed by atoms with Crippen LogP contribution in [0.25, 0.3) is 0 Å². The van der Waals surface area contributed by atoms with E-state index in [4.69, 9.17) is 9.84 Å². The fourth-order valence-corrected chi connectivity index (χ4v) is 3.10. The summed E-state index contributed by atoms with van der Waals surface area (Å²) < 4.78 is 5.54. The van der Waals surface area contributed by atoms with Gasteiger partial charge in [0.05, 0.1) is 18.3 Å². The van der Waals surface area contributed by atoms with Gasteiger partial charge in [-0.2, -0.15) is 0 Å². The number of hydrogen-bond acceptors (Lipinski definition) is 5. The molecule has 0 aromatic heterocycles. The third-order valence-corrected chi connectivity index (χ3v) is 4.64. The fraction of sp³-hybridized carbons (Fsp3) is 0.750. The molecule has 0 amide bonds. The number of unbranched alkanes of at least 4 members (excludes halogenated alkanes) is 3. The van der Waals surface area contributed by atoms with Gasteiger partial charge in [0.15, 0.2) is 6.29 Å². The molecular weight excluding hydrogens is 336 g/mol. The zero-order valence-corrected chi connectivity index (χ0v) is 15.7. The first-order valence-corrected chi connectivity index (χ1v) is 9.68. The highest BCUT2D eigenvalue weighted by Gasteiger charge is 2.35. The smallest absolute Gasteiger partial charge is 0.303 e. The minimum atomic E-state index is -1.01. The Morgan fingerprint density at radius 1 is 1.23 bits per heavy atom. The number of carbonyl (C=O) groups is 1. The molecule has 1 saturated heterocycles. The average Bonchev–Trinajstić information content (AvgIpc) is 2.57. The molecule has 1 rings (SSSR count). The molecule has 150 valence electrons. The second kappa shape index (κ2) is 13.0. The van der Waals surface area contributed by atoms with Crippen LogP contribution in [-0.4, -0.2) is 51.0 Å². The first-order chi connectivity index (χ1) is 12.4. The van der Waals surface area contributed by atoms with Gasteiger partial charge in [-0.05, 0) is 25.7 Å². The van der Waals surface area contributed by atoms with Crippen LogP contribution in [0.5, 0.6) is 0 Å². The summed E-state index contributed by atoms with van der Waals surface area (Å²) in [6.45, 7) is 2.11. The van der Waals surface area contributed by atoms with Gasteiger partial charge < -0.3 is 25.2 Å². The largest absolute Gasteiger partial charge is 0.481 e. The van der Waals surface area contributed by atoms with Crippen LogP contribution in [0.2, 0.25) is 0 Å². The molecule has 1 fully saturated rings. The van der Waals surface area contributed by atoms with Gasteiger partial charge in [0.25, 0.3) is 0 Å². The number of rotatable bonds is 12. The number of allylic oxidation sites excluding steroid dienone is 2. The number of carboxylic acids is 1. The van der Waals surface area contributed by atoms with Crippen molar-refractivity contribution in [2.24, 2.45) is 5.92 Å². The van der Waals surface area contributed by atoms with Gasteiger partial charge in [-0.15, -0.1) is 0 Å². The van der Waals surface area contributed by atoms with E-state index in [1.807, 2.05) is 12.2 Å². The number of ether oxygens (including phenoxy) is 1. The Morgan fingerprint density at radius 3 is 2.69 bits per heavy atom. The van der Waals surface area contributed by atoms with Crippen molar-refractivity contribution in [3.8, 4) is 0 Å². The van der Waals surface area contributed by atoms with Gasteiger partial charge in [-0.3, -0.25) is 4.79 Å². The van der Waals surface area contributed by atoms with Crippen molar-refractivity contribution in [2.75, 3.05) is 0 Å². The highest BCUT2D eigenvalue weighted by molar-refractivity contribution is 5.66. The van der Waals surface area contributed by atoms with E-state index in [-0.39, 0.29) is 18.8 Å². The van der Waals surface area contributed by atoms with Crippen molar-refractivity contribution >= 4 is 5.97 Å². The van der Waals surface area contributed by atoms with Crippen LogP contribution in [0.3, 0.4) is 0 Å². The first kappa shape index (κ1) is 22.8. The van der Waals surface area contributed by atoms with Crippen molar-refractivity contribution in [2.45, 2.75) is 89.3 Å². The Hall–Kier alpha value is -1.21. The predicted octanol–water partition coefficient (Wildman–Crippen LogP) is 2.77. The average molecular weight is 370 g/mol. The maximum Gasteiger partial charge on any atom is 0.303 e. The maximum absolute atomic E-state index is 10.5. The Kier molecular flexibility index (Phi) is 11.4. The van der Waals surface area contributed by atoms with Crippen LogP contribution in [-0.2, 0) is 9.53 Å². The Balaban J connectivity index is 2.52. The first-order valence-electron chi connectivity index (χ1n) is 9.68. The van der Waals surface area contributed by atoms with Gasteiger partial charge >= 0.3 is 5.97 Å². The minimum absolute atomic E-state index is 0.146. The van der Waals surface area contributed by atoms with E-state index in [2.05, 4.69) is 6.92 Å². The van der Waals surface area contributed by atoms with E-state index in [0.717, 1.165) is 19.3 Å². The quantitative estimate of drug-likeness (QED) is 0.311. The number of aliphatic hydroxyl groups excluding tert-OH is 3. The molecule has 0 aromatic carbocycles. The van der Waals surface area contributed by atoms with E-state index in [0.29, 0.717) is 25.7 Å². The van der Waals surface area contributed by atoms with Crippen LogP contribution in [0.15, 0.2) is 24.3 Å². The SMILES string of the molecule is CCCCC[C@H](O)/C=C\[C@H]1O[C@H](O)C[C@H](O)[C@@H]1C/C=C\CCCC(=O)O. The molecule has 0 aliphatic carbocycles. The standard InChI is InChI=1S/C20H34O6/c1-2-3-6-9-15(21)12-13-18-16(17(22)14-20(25)26-18)10-7-4-5-8-11-19(23)24/h4,7,12-13,15-18,20-22,25H,2-3,5-6,8-11,14H2,1H3,(H,23,24)/b7-4-,13-12-/t15-,16-,17-,18+,20-/m0/s1. The van der Waals surface area contributed by atoms with Crippen LogP contribution < -0.4 is 0 Å². The minimum Gasteiger partial charge on any atom is -0.481 e. The molecule has 1 heterocycles. The summed E-state index contributed by atoms with van der Waals surface area (Å²) in [5, 5.41) is 38.7. The van der Waals surface area contributed by atoms with Crippen LogP contribution in [0.1, 0.15) is 64.7 Å². The normalized spacial score (nSPS) is 28.0. The predicted molar refractivity (Wildman–Crippen MR) is 99.5 cm³/mol. The van der Waals surface area contributed by atoms with E-state index < -0.39 is 30.6 Å². The molecule has 1 aliphatic heterocycles. The number of aliphatic hydroxyl groups is 3. The van der Waals surface area contributed by atoms with E-state index in [9.17, 15) is 20.1 Å². The second-order valence-electron chi connectivity index (χ2n) is 6.96. The molecule has 0 saturated carbocycles. The van der Waals surface area contributed by atoms with Crippen molar-refractivity contribution in [3.05, 3.63) is 24.3 Å². The summed E-state index contributed by atoms with van der Waals surface area (Å²) in [6.07, 6.45) is 10.5. The summed E-state index contributed by atoms with van der Waals surface area (Å²) in [4.78, 5) is 10.5. The molecule has 0 bridgehead atoms. The fourth-order valence-electron chi connectivity index (χ4n) is 3.10. The summed E-state index contributed by atoms with van der Waals surface area (Å²) in [7, 11) is 0. The highest BCUT2D eigenvalue weighted by atomic mass is 16.6. The lowest BCUT2D eigenvalue weighted by Crippen LogP contribution is -2.43. The van der Waals surface area contributed by atoms with Crippen molar-refractivity contribution in [1.29, 1.82) is 0 Å². The third kappa shape index (κ3) is 9.48. The van der Waals surface area contributed by atoms with Gasteiger partial charge in [-0.1, -0.05) is 50.5 Å². The lowest BCUT2D eigenvalue weighted by atomic mass is 9.87. The van der Waals surface area contributed by atoms with Crippen LogP contribution in [0.4, 0.5) is 0 Å². The Labute approximate surface area is 156 Å². The number of aliphatic carboxylic acids is 1.